The van der Waals surface area contributed by atoms with Gasteiger partial charge in [-0.25, -0.2) is 9.37 Å². The molecular weight excluding hydrogens is 275 g/mol. The van der Waals surface area contributed by atoms with Crippen molar-refractivity contribution in [1.29, 1.82) is 0 Å². The Morgan fingerprint density at radius 2 is 2.05 bits per heavy atom. The highest BCUT2D eigenvalue weighted by Gasteiger charge is 2.09. The minimum absolute atomic E-state index is 0.179. The molecule has 0 aliphatic carbocycles. The summed E-state index contributed by atoms with van der Waals surface area (Å²) in [6, 6.07) is 5.36. The highest BCUT2D eigenvalue weighted by molar-refractivity contribution is 7.09. The Labute approximate surface area is 122 Å². The van der Waals surface area contributed by atoms with Gasteiger partial charge in [-0.2, -0.15) is 4.37 Å². The molecule has 4 nitrogen and oxygen atoms in total. The fraction of sp³-hybridized carbons (Fsp3) is 0.429. The van der Waals surface area contributed by atoms with Crippen LogP contribution in [0.5, 0.6) is 0 Å². The first-order chi connectivity index (χ1) is 9.63. The summed E-state index contributed by atoms with van der Waals surface area (Å²) in [6.45, 7) is 8.04. The van der Waals surface area contributed by atoms with Gasteiger partial charge in [0, 0.05) is 31.2 Å². The van der Waals surface area contributed by atoms with Crippen LogP contribution in [0.3, 0.4) is 0 Å². The maximum atomic E-state index is 14.1. The lowest BCUT2D eigenvalue weighted by Crippen LogP contribution is -2.23. The number of nitrogens with zero attached hydrogens (tertiary/aromatic N) is 3. The molecule has 0 saturated heterocycles. The smallest absolute Gasteiger partial charge is 0.202 e. The summed E-state index contributed by atoms with van der Waals surface area (Å²) in [7, 11) is 0. The fourth-order valence-electron chi connectivity index (χ4n) is 2.03. The maximum Gasteiger partial charge on any atom is 0.202 e. The van der Waals surface area contributed by atoms with Crippen molar-refractivity contribution in [3.63, 3.8) is 0 Å². The van der Waals surface area contributed by atoms with Crippen molar-refractivity contribution in [3.8, 4) is 0 Å². The number of anilines is 2. The molecule has 1 aromatic heterocycles. The van der Waals surface area contributed by atoms with Crippen LogP contribution >= 0.6 is 11.5 Å². The largest absolute Gasteiger partial charge is 0.370 e. The molecule has 0 spiro atoms. The molecule has 108 valence electrons. The molecule has 0 atom stereocenters. The van der Waals surface area contributed by atoms with Crippen molar-refractivity contribution in [2.24, 2.45) is 0 Å². The van der Waals surface area contributed by atoms with E-state index < -0.39 is 0 Å². The maximum absolute atomic E-state index is 14.1. The molecule has 0 saturated carbocycles. The average Bonchev–Trinajstić information content (AvgIpc) is 2.85. The van der Waals surface area contributed by atoms with E-state index in [2.05, 4.69) is 14.7 Å². The number of aryl methyl sites for hydroxylation is 1. The van der Waals surface area contributed by atoms with Gasteiger partial charge >= 0.3 is 0 Å². The van der Waals surface area contributed by atoms with Crippen LogP contribution in [0.4, 0.5) is 15.2 Å². The topological polar surface area (TPSA) is 41.0 Å². The summed E-state index contributed by atoms with van der Waals surface area (Å²) in [5.74, 6) is 0.571. The molecular formula is C14H19FN4S. The second-order valence-corrected chi connectivity index (χ2v) is 5.21. The molecule has 2 aromatic rings. The van der Waals surface area contributed by atoms with E-state index in [1.807, 2.05) is 37.8 Å². The summed E-state index contributed by atoms with van der Waals surface area (Å²) in [4.78, 5) is 6.22. The van der Waals surface area contributed by atoms with Crippen molar-refractivity contribution >= 4 is 22.4 Å². The zero-order valence-corrected chi connectivity index (χ0v) is 12.8. The average molecular weight is 294 g/mol. The summed E-state index contributed by atoms with van der Waals surface area (Å²) >= 11 is 1.31. The van der Waals surface area contributed by atoms with Gasteiger partial charge in [0.15, 0.2) is 0 Å². The molecule has 6 heteroatoms. The van der Waals surface area contributed by atoms with Crippen molar-refractivity contribution in [1.82, 2.24) is 9.36 Å². The van der Waals surface area contributed by atoms with Gasteiger partial charge in [0.2, 0.25) is 5.13 Å². The molecule has 1 heterocycles. The number of halogens is 1. The standard InChI is InChI=1S/C14H19FN4S/c1-4-19(5-2)13-7-6-11(8-12(13)15)9-16-14-17-10(3)18-20-14/h6-8H,4-5,9H2,1-3H3,(H,16,17,18). The van der Waals surface area contributed by atoms with Crippen LogP contribution in [0.1, 0.15) is 25.2 Å². The summed E-state index contributed by atoms with van der Waals surface area (Å²) in [5, 5.41) is 3.91. The van der Waals surface area contributed by atoms with Crippen LogP contribution in [-0.4, -0.2) is 22.4 Å². The SMILES string of the molecule is CCN(CC)c1ccc(CNc2nc(C)ns2)cc1F. The Balaban J connectivity index is 2.05. The van der Waals surface area contributed by atoms with Crippen LogP contribution in [0, 0.1) is 12.7 Å². The molecule has 0 amide bonds. The molecule has 1 N–H and O–H groups in total. The van der Waals surface area contributed by atoms with Crippen LogP contribution in [-0.2, 0) is 6.54 Å². The Morgan fingerprint density at radius 1 is 1.30 bits per heavy atom. The predicted octanol–water partition coefficient (Wildman–Crippen LogP) is 3.44. The van der Waals surface area contributed by atoms with Gasteiger partial charge in [-0.1, -0.05) is 6.07 Å². The number of aromatic nitrogens is 2. The highest BCUT2D eigenvalue weighted by atomic mass is 32.1. The lowest BCUT2D eigenvalue weighted by Gasteiger charge is -2.21. The number of rotatable bonds is 6. The third-order valence-electron chi connectivity index (χ3n) is 3.09. The molecule has 0 unspecified atom stereocenters. The number of hydrogen-bond acceptors (Lipinski definition) is 5. The third kappa shape index (κ3) is 3.45. The molecule has 1 aromatic carbocycles. The Kier molecular flexibility index (Phi) is 4.89. The number of hydrogen-bond donors (Lipinski definition) is 1. The van der Waals surface area contributed by atoms with Gasteiger partial charge in [0.25, 0.3) is 0 Å². The van der Waals surface area contributed by atoms with E-state index in [0.29, 0.717) is 12.2 Å². The lowest BCUT2D eigenvalue weighted by atomic mass is 10.2. The van der Waals surface area contributed by atoms with Crippen molar-refractivity contribution in [2.45, 2.75) is 27.3 Å². The molecule has 0 aliphatic rings. The van der Waals surface area contributed by atoms with Crippen molar-refractivity contribution in [3.05, 3.63) is 35.4 Å². The zero-order chi connectivity index (χ0) is 14.5. The fourth-order valence-corrected chi connectivity index (χ4v) is 2.60. The molecule has 0 radical (unpaired) electrons. The predicted molar refractivity (Wildman–Crippen MR) is 81.9 cm³/mol. The van der Waals surface area contributed by atoms with Gasteiger partial charge in [0.1, 0.15) is 11.6 Å². The zero-order valence-electron chi connectivity index (χ0n) is 12.0. The van der Waals surface area contributed by atoms with E-state index in [9.17, 15) is 4.39 Å². The summed E-state index contributed by atoms with van der Waals surface area (Å²) in [6.07, 6.45) is 0. The van der Waals surface area contributed by atoms with Crippen molar-refractivity contribution < 1.29 is 4.39 Å². The number of benzene rings is 1. The van der Waals surface area contributed by atoms with Crippen LogP contribution in [0.15, 0.2) is 18.2 Å². The molecule has 20 heavy (non-hydrogen) atoms. The molecule has 0 fully saturated rings. The third-order valence-corrected chi connectivity index (χ3v) is 3.85. The Morgan fingerprint density at radius 3 is 2.60 bits per heavy atom. The molecule has 0 aliphatic heterocycles. The highest BCUT2D eigenvalue weighted by Crippen LogP contribution is 2.21. The van der Waals surface area contributed by atoms with E-state index >= 15 is 0 Å². The van der Waals surface area contributed by atoms with Crippen molar-refractivity contribution in [2.75, 3.05) is 23.3 Å². The minimum Gasteiger partial charge on any atom is -0.370 e. The first-order valence-electron chi connectivity index (χ1n) is 6.71. The van der Waals surface area contributed by atoms with Crippen LogP contribution in [0.25, 0.3) is 0 Å². The normalized spacial score (nSPS) is 10.6. The van der Waals surface area contributed by atoms with Gasteiger partial charge < -0.3 is 10.2 Å². The Bertz CT molecular complexity index is 566. The van der Waals surface area contributed by atoms with E-state index in [1.165, 1.54) is 11.5 Å². The first-order valence-corrected chi connectivity index (χ1v) is 7.49. The van der Waals surface area contributed by atoms with Gasteiger partial charge in [-0.05, 0) is 38.5 Å². The summed E-state index contributed by atoms with van der Waals surface area (Å²) in [5.41, 5.74) is 1.55. The molecule has 0 bridgehead atoms. The molecule has 2 rings (SSSR count). The van der Waals surface area contributed by atoms with Gasteiger partial charge in [0.05, 0.1) is 5.69 Å². The van der Waals surface area contributed by atoms with E-state index in [-0.39, 0.29) is 5.82 Å². The van der Waals surface area contributed by atoms with E-state index in [0.717, 1.165) is 29.6 Å². The van der Waals surface area contributed by atoms with Gasteiger partial charge in [-0.15, -0.1) is 0 Å². The lowest BCUT2D eigenvalue weighted by molar-refractivity contribution is 0.618. The minimum atomic E-state index is -0.179. The second kappa shape index (κ2) is 6.65. The number of nitrogens with one attached hydrogen (secondary N) is 1. The first kappa shape index (κ1) is 14.7. The van der Waals surface area contributed by atoms with Gasteiger partial charge in [-0.3, -0.25) is 0 Å². The van der Waals surface area contributed by atoms with E-state index in [4.69, 9.17) is 0 Å². The monoisotopic (exact) mass is 294 g/mol. The second-order valence-electron chi connectivity index (χ2n) is 4.46. The van der Waals surface area contributed by atoms with Crippen LogP contribution < -0.4 is 10.2 Å². The van der Waals surface area contributed by atoms with Crippen LogP contribution in [0.2, 0.25) is 0 Å². The Hall–Kier alpha value is -1.69. The summed E-state index contributed by atoms with van der Waals surface area (Å²) < 4.78 is 18.2. The van der Waals surface area contributed by atoms with E-state index in [1.54, 1.807) is 6.07 Å². The quantitative estimate of drug-likeness (QED) is 0.886.